The van der Waals surface area contributed by atoms with Crippen LogP contribution in [0.5, 0.6) is 0 Å². The van der Waals surface area contributed by atoms with Crippen molar-refractivity contribution in [3.8, 4) is 11.1 Å². The van der Waals surface area contributed by atoms with Crippen LogP contribution in [0.4, 0.5) is 0 Å². The van der Waals surface area contributed by atoms with E-state index < -0.39 is 0 Å². The van der Waals surface area contributed by atoms with Crippen molar-refractivity contribution in [1.82, 2.24) is 0 Å². The van der Waals surface area contributed by atoms with E-state index in [-0.39, 0.29) is 0 Å². The van der Waals surface area contributed by atoms with Gasteiger partial charge in [0.2, 0.25) is 0 Å². The van der Waals surface area contributed by atoms with Crippen molar-refractivity contribution in [2.45, 2.75) is 18.9 Å². The van der Waals surface area contributed by atoms with Gasteiger partial charge in [-0.25, -0.2) is 4.57 Å². The van der Waals surface area contributed by atoms with Crippen LogP contribution in [-0.2, 0) is 0 Å². The molecule has 0 spiro atoms. The van der Waals surface area contributed by atoms with Gasteiger partial charge < -0.3 is 0 Å². The highest BCUT2D eigenvalue weighted by atomic mass is 15.0. The molecule has 0 radical (unpaired) electrons. The van der Waals surface area contributed by atoms with Gasteiger partial charge in [-0.2, -0.15) is 0 Å². The molecule has 0 atom stereocenters. The van der Waals surface area contributed by atoms with Gasteiger partial charge in [0.1, 0.15) is 0 Å². The van der Waals surface area contributed by atoms with Gasteiger partial charge in [0.25, 0.3) is 0 Å². The van der Waals surface area contributed by atoms with Crippen molar-refractivity contribution in [2.24, 2.45) is 0 Å². The SMILES string of the molecule is c1ccc(-c2cc[n+](C3CC3)cc2)cc1. The van der Waals surface area contributed by atoms with Crippen LogP contribution in [0.25, 0.3) is 11.1 Å². The predicted molar refractivity (Wildman–Crippen MR) is 60.3 cm³/mol. The molecule has 0 saturated heterocycles. The van der Waals surface area contributed by atoms with E-state index >= 15 is 0 Å². The Morgan fingerprint density at radius 3 is 2.00 bits per heavy atom. The van der Waals surface area contributed by atoms with E-state index in [1.54, 1.807) is 0 Å². The first-order valence-corrected chi connectivity index (χ1v) is 5.50. The largest absolute Gasteiger partial charge is 0.202 e. The molecule has 0 amide bonds. The normalized spacial score (nSPS) is 15.2. The summed E-state index contributed by atoms with van der Waals surface area (Å²) in [5.74, 6) is 0. The third kappa shape index (κ3) is 1.78. The van der Waals surface area contributed by atoms with Crippen LogP contribution in [0, 0.1) is 0 Å². The molecule has 1 nitrogen and oxygen atoms in total. The molecule has 15 heavy (non-hydrogen) atoms. The fourth-order valence-electron chi connectivity index (χ4n) is 1.88. The highest BCUT2D eigenvalue weighted by Crippen LogP contribution is 2.29. The lowest BCUT2D eigenvalue weighted by Crippen LogP contribution is -2.30. The van der Waals surface area contributed by atoms with Gasteiger partial charge in [-0.05, 0) is 11.1 Å². The zero-order valence-electron chi connectivity index (χ0n) is 8.63. The Hall–Kier alpha value is -1.63. The van der Waals surface area contributed by atoms with Gasteiger partial charge in [-0.1, -0.05) is 30.3 Å². The number of rotatable bonds is 2. The summed E-state index contributed by atoms with van der Waals surface area (Å²) in [4.78, 5) is 0. The zero-order chi connectivity index (χ0) is 10.1. The summed E-state index contributed by atoms with van der Waals surface area (Å²) in [6, 6.07) is 15.7. The number of nitrogens with zero attached hydrogens (tertiary/aromatic N) is 1. The topological polar surface area (TPSA) is 3.88 Å². The van der Waals surface area contributed by atoms with Gasteiger partial charge in [-0.3, -0.25) is 0 Å². The molecule has 74 valence electrons. The summed E-state index contributed by atoms with van der Waals surface area (Å²) < 4.78 is 2.31. The van der Waals surface area contributed by atoms with Crippen LogP contribution in [0.1, 0.15) is 18.9 Å². The summed E-state index contributed by atoms with van der Waals surface area (Å²) in [6.45, 7) is 0. The predicted octanol–water partition coefficient (Wildman–Crippen LogP) is 2.98. The monoisotopic (exact) mass is 196 g/mol. The van der Waals surface area contributed by atoms with Gasteiger partial charge in [0, 0.05) is 25.0 Å². The molecule has 1 aliphatic rings. The Morgan fingerprint density at radius 1 is 0.800 bits per heavy atom. The molecule has 1 aromatic carbocycles. The van der Waals surface area contributed by atoms with Crippen molar-refractivity contribution in [3.63, 3.8) is 0 Å². The second kappa shape index (κ2) is 3.50. The molecule has 1 aliphatic carbocycles. The summed E-state index contributed by atoms with van der Waals surface area (Å²) in [6.07, 6.45) is 7.07. The molecule has 3 rings (SSSR count). The highest BCUT2D eigenvalue weighted by Gasteiger charge is 2.30. The molecule has 0 aliphatic heterocycles. The Kier molecular flexibility index (Phi) is 2.02. The fraction of sp³-hybridized carbons (Fsp3) is 0.214. The Balaban J connectivity index is 1.93. The first-order valence-electron chi connectivity index (χ1n) is 5.50. The number of aromatic nitrogens is 1. The molecular weight excluding hydrogens is 182 g/mol. The van der Waals surface area contributed by atoms with Crippen LogP contribution < -0.4 is 4.57 Å². The van der Waals surface area contributed by atoms with E-state index in [2.05, 4.69) is 59.4 Å². The highest BCUT2D eigenvalue weighted by molar-refractivity contribution is 5.61. The quantitative estimate of drug-likeness (QED) is 0.650. The molecule has 1 heteroatoms. The molecule has 0 bridgehead atoms. The average molecular weight is 196 g/mol. The number of hydrogen-bond donors (Lipinski definition) is 0. The number of pyridine rings is 1. The molecule has 1 heterocycles. The molecule has 2 aromatic rings. The van der Waals surface area contributed by atoms with Crippen molar-refractivity contribution in [3.05, 3.63) is 54.9 Å². The summed E-state index contributed by atoms with van der Waals surface area (Å²) >= 11 is 0. The summed E-state index contributed by atoms with van der Waals surface area (Å²) in [5.41, 5.74) is 2.59. The minimum absolute atomic E-state index is 0.773. The molecule has 1 saturated carbocycles. The minimum atomic E-state index is 0.773. The van der Waals surface area contributed by atoms with Crippen molar-refractivity contribution >= 4 is 0 Å². The van der Waals surface area contributed by atoms with Gasteiger partial charge in [0.15, 0.2) is 18.4 Å². The Morgan fingerprint density at radius 2 is 1.40 bits per heavy atom. The van der Waals surface area contributed by atoms with E-state index in [4.69, 9.17) is 0 Å². The molecule has 1 aromatic heterocycles. The third-order valence-electron chi connectivity index (χ3n) is 2.93. The molecule has 1 fully saturated rings. The second-order valence-electron chi connectivity index (χ2n) is 4.13. The van der Waals surface area contributed by atoms with E-state index in [0.29, 0.717) is 0 Å². The first kappa shape index (κ1) is 8.66. The molecule has 0 unspecified atom stereocenters. The molecule has 0 N–H and O–H groups in total. The lowest BCUT2D eigenvalue weighted by atomic mass is 10.1. The van der Waals surface area contributed by atoms with Crippen LogP contribution in [0.3, 0.4) is 0 Å². The lowest BCUT2D eigenvalue weighted by Gasteiger charge is -1.99. The Bertz CT molecular complexity index is 441. The van der Waals surface area contributed by atoms with Crippen LogP contribution in [0.2, 0.25) is 0 Å². The summed E-state index contributed by atoms with van der Waals surface area (Å²) in [7, 11) is 0. The van der Waals surface area contributed by atoms with Crippen LogP contribution in [-0.4, -0.2) is 0 Å². The van der Waals surface area contributed by atoms with E-state index in [1.807, 2.05) is 0 Å². The fourth-order valence-corrected chi connectivity index (χ4v) is 1.88. The average Bonchev–Trinajstić information content (AvgIpc) is 3.15. The van der Waals surface area contributed by atoms with Crippen molar-refractivity contribution < 1.29 is 4.57 Å². The van der Waals surface area contributed by atoms with E-state index in [0.717, 1.165) is 6.04 Å². The Labute approximate surface area is 90.0 Å². The maximum atomic E-state index is 2.31. The summed E-state index contributed by atoms with van der Waals surface area (Å²) in [5, 5.41) is 0. The zero-order valence-corrected chi connectivity index (χ0v) is 8.63. The van der Waals surface area contributed by atoms with Crippen molar-refractivity contribution in [2.75, 3.05) is 0 Å². The molecular formula is C14H14N+. The maximum absolute atomic E-state index is 2.31. The maximum Gasteiger partial charge on any atom is 0.169 e. The lowest BCUT2D eigenvalue weighted by molar-refractivity contribution is -0.700. The second-order valence-corrected chi connectivity index (χ2v) is 4.13. The smallest absolute Gasteiger partial charge is 0.169 e. The van der Waals surface area contributed by atoms with E-state index in [1.165, 1.54) is 24.0 Å². The standard InChI is InChI=1S/C14H14N/c1-2-4-12(5-3-1)13-8-10-15(11-9-13)14-6-7-14/h1-5,8-11,14H,6-7H2/q+1. The van der Waals surface area contributed by atoms with Gasteiger partial charge >= 0.3 is 0 Å². The van der Waals surface area contributed by atoms with Crippen molar-refractivity contribution in [1.29, 1.82) is 0 Å². The van der Waals surface area contributed by atoms with E-state index in [9.17, 15) is 0 Å². The van der Waals surface area contributed by atoms with Crippen LogP contribution >= 0.6 is 0 Å². The van der Waals surface area contributed by atoms with Crippen LogP contribution in [0.15, 0.2) is 54.9 Å². The van der Waals surface area contributed by atoms with Gasteiger partial charge in [-0.15, -0.1) is 0 Å². The number of benzene rings is 1. The van der Waals surface area contributed by atoms with Gasteiger partial charge in [0.05, 0.1) is 0 Å². The third-order valence-corrected chi connectivity index (χ3v) is 2.93. The number of hydrogen-bond acceptors (Lipinski definition) is 0. The first-order chi connectivity index (χ1) is 7.43. The minimum Gasteiger partial charge on any atom is -0.202 e.